The SMILES string of the molecule is C=C[C@@]1(O)[C@@H](C[C@H](O)C(=C)C)O[C@@H]2OC(C)(C)O[C@@H]21. The zero-order valence-electron chi connectivity index (χ0n) is 11.6. The molecule has 19 heavy (non-hydrogen) atoms. The highest BCUT2D eigenvalue weighted by molar-refractivity contribution is 5.15. The summed E-state index contributed by atoms with van der Waals surface area (Å²) in [5, 5.41) is 20.6. The molecule has 0 saturated carbocycles. The number of fused-ring (bicyclic) bond motifs is 1. The maximum Gasteiger partial charge on any atom is 0.190 e. The lowest BCUT2D eigenvalue weighted by molar-refractivity contribution is -0.225. The summed E-state index contributed by atoms with van der Waals surface area (Å²) in [5.41, 5.74) is -0.760. The largest absolute Gasteiger partial charge is 0.389 e. The lowest BCUT2D eigenvalue weighted by Gasteiger charge is -2.32. The molecule has 2 aliphatic rings. The molecule has 5 heteroatoms. The second-order valence-electron chi connectivity index (χ2n) is 5.74. The van der Waals surface area contributed by atoms with Crippen LogP contribution < -0.4 is 0 Å². The van der Waals surface area contributed by atoms with Gasteiger partial charge < -0.3 is 24.4 Å². The van der Waals surface area contributed by atoms with E-state index in [4.69, 9.17) is 14.2 Å². The molecule has 5 nitrogen and oxygen atoms in total. The van der Waals surface area contributed by atoms with Crippen LogP contribution in [0.3, 0.4) is 0 Å². The fourth-order valence-corrected chi connectivity index (χ4v) is 2.49. The molecule has 0 radical (unpaired) electrons. The van der Waals surface area contributed by atoms with E-state index in [0.29, 0.717) is 5.57 Å². The first kappa shape index (κ1) is 14.7. The van der Waals surface area contributed by atoms with Crippen molar-refractivity contribution in [2.24, 2.45) is 0 Å². The van der Waals surface area contributed by atoms with Gasteiger partial charge >= 0.3 is 0 Å². The van der Waals surface area contributed by atoms with Crippen LogP contribution in [0.2, 0.25) is 0 Å². The molecular weight excluding hydrogens is 248 g/mol. The molecule has 2 fully saturated rings. The summed E-state index contributed by atoms with van der Waals surface area (Å²) in [7, 11) is 0. The second kappa shape index (κ2) is 4.68. The van der Waals surface area contributed by atoms with Crippen LogP contribution in [0.25, 0.3) is 0 Å². The van der Waals surface area contributed by atoms with Gasteiger partial charge in [-0.25, -0.2) is 0 Å². The molecule has 2 rings (SSSR count). The van der Waals surface area contributed by atoms with Gasteiger partial charge in [0.2, 0.25) is 0 Å². The Morgan fingerprint density at radius 3 is 2.58 bits per heavy atom. The standard InChI is InChI=1S/C14H22O5/c1-6-14(16)10(7-9(15)8(2)3)17-12-11(14)18-13(4,5)19-12/h6,9-12,15-16H,1-2,7H2,3-5H3/t9-,10+,11-,12+,14+/m0/s1. The third-order valence-corrected chi connectivity index (χ3v) is 3.66. The summed E-state index contributed by atoms with van der Waals surface area (Å²) in [6.07, 6.45) is -1.05. The van der Waals surface area contributed by atoms with Gasteiger partial charge in [-0.3, -0.25) is 0 Å². The highest BCUT2D eigenvalue weighted by Crippen LogP contribution is 2.44. The van der Waals surface area contributed by atoms with Crippen molar-refractivity contribution >= 4 is 0 Å². The molecule has 2 aliphatic heterocycles. The maximum absolute atomic E-state index is 10.7. The summed E-state index contributed by atoms with van der Waals surface area (Å²) >= 11 is 0. The van der Waals surface area contributed by atoms with Gasteiger partial charge in [0.25, 0.3) is 0 Å². The van der Waals surface area contributed by atoms with Crippen molar-refractivity contribution in [1.29, 1.82) is 0 Å². The van der Waals surface area contributed by atoms with Gasteiger partial charge in [0, 0.05) is 6.42 Å². The third-order valence-electron chi connectivity index (χ3n) is 3.66. The van der Waals surface area contributed by atoms with E-state index in [1.807, 2.05) is 0 Å². The summed E-state index contributed by atoms with van der Waals surface area (Å²) in [5.74, 6) is -0.801. The molecule has 0 amide bonds. The maximum atomic E-state index is 10.7. The molecule has 0 bridgehead atoms. The van der Waals surface area contributed by atoms with Crippen molar-refractivity contribution in [3.05, 3.63) is 24.8 Å². The predicted octanol–water partition coefficient (Wildman–Crippen LogP) is 1.11. The third kappa shape index (κ3) is 2.49. The summed E-state index contributed by atoms with van der Waals surface area (Å²) in [6.45, 7) is 12.6. The van der Waals surface area contributed by atoms with E-state index in [-0.39, 0.29) is 6.42 Å². The van der Waals surface area contributed by atoms with Crippen LogP contribution in [0.4, 0.5) is 0 Å². The molecule has 0 spiro atoms. The van der Waals surface area contributed by atoms with Crippen LogP contribution in [-0.4, -0.2) is 46.2 Å². The van der Waals surface area contributed by atoms with Crippen molar-refractivity contribution < 1.29 is 24.4 Å². The normalized spacial score (nSPS) is 41.8. The van der Waals surface area contributed by atoms with Crippen LogP contribution in [-0.2, 0) is 14.2 Å². The Kier molecular flexibility index (Phi) is 3.62. The van der Waals surface area contributed by atoms with Crippen molar-refractivity contribution in [3.63, 3.8) is 0 Å². The number of ether oxygens (including phenoxy) is 3. The van der Waals surface area contributed by atoms with Gasteiger partial charge in [0.1, 0.15) is 11.7 Å². The monoisotopic (exact) mass is 270 g/mol. The summed E-state index contributed by atoms with van der Waals surface area (Å²) < 4.78 is 16.9. The van der Waals surface area contributed by atoms with Crippen LogP contribution in [0.1, 0.15) is 27.2 Å². The average molecular weight is 270 g/mol. The van der Waals surface area contributed by atoms with Crippen LogP contribution >= 0.6 is 0 Å². The minimum Gasteiger partial charge on any atom is -0.389 e. The number of rotatable bonds is 4. The van der Waals surface area contributed by atoms with E-state index in [1.54, 1.807) is 20.8 Å². The molecule has 0 aromatic carbocycles. The second-order valence-corrected chi connectivity index (χ2v) is 5.74. The summed E-state index contributed by atoms with van der Waals surface area (Å²) in [4.78, 5) is 0. The lowest BCUT2D eigenvalue weighted by atomic mass is 9.88. The van der Waals surface area contributed by atoms with E-state index in [9.17, 15) is 10.2 Å². The fraction of sp³-hybridized carbons (Fsp3) is 0.714. The Bertz CT molecular complexity index is 391. The molecule has 108 valence electrons. The first-order valence-electron chi connectivity index (χ1n) is 6.40. The quantitative estimate of drug-likeness (QED) is 0.749. The minimum absolute atomic E-state index is 0.220. The van der Waals surface area contributed by atoms with Crippen molar-refractivity contribution in [2.45, 2.75) is 63.2 Å². The Morgan fingerprint density at radius 2 is 2.05 bits per heavy atom. The average Bonchev–Trinajstić information content (AvgIpc) is 2.73. The molecule has 2 N–H and O–H groups in total. The molecule has 2 saturated heterocycles. The Hall–Kier alpha value is -0.720. The number of hydrogen-bond donors (Lipinski definition) is 2. The van der Waals surface area contributed by atoms with Crippen molar-refractivity contribution in [2.75, 3.05) is 0 Å². The van der Waals surface area contributed by atoms with Crippen LogP contribution in [0.15, 0.2) is 24.8 Å². The molecule has 0 unspecified atom stereocenters. The number of aliphatic hydroxyl groups is 2. The van der Waals surface area contributed by atoms with E-state index >= 15 is 0 Å². The van der Waals surface area contributed by atoms with E-state index in [1.165, 1.54) is 6.08 Å². The zero-order chi connectivity index (χ0) is 14.4. The van der Waals surface area contributed by atoms with E-state index in [2.05, 4.69) is 13.2 Å². The predicted molar refractivity (Wildman–Crippen MR) is 69.3 cm³/mol. The molecule has 2 heterocycles. The van der Waals surface area contributed by atoms with Crippen molar-refractivity contribution in [3.8, 4) is 0 Å². The van der Waals surface area contributed by atoms with E-state index in [0.717, 1.165) is 0 Å². The van der Waals surface area contributed by atoms with Gasteiger partial charge in [-0.2, -0.15) is 0 Å². The Morgan fingerprint density at radius 1 is 1.42 bits per heavy atom. The van der Waals surface area contributed by atoms with Crippen molar-refractivity contribution in [1.82, 2.24) is 0 Å². The topological polar surface area (TPSA) is 68.2 Å². The first-order chi connectivity index (χ1) is 8.69. The Labute approximate surface area is 113 Å². The fourth-order valence-electron chi connectivity index (χ4n) is 2.49. The molecule has 0 aliphatic carbocycles. The van der Waals surface area contributed by atoms with Gasteiger partial charge in [-0.05, 0) is 20.8 Å². The van der Waals surface area contributed by atoms with Gasteiger partial charge in [-0.15, -0.1) is 6.58 Å². The van der Waals surface area contributed by atoms with Crippen LogP contribution in [0.5, 0.6) is 0 Å². The van der Waals surface area contributed by atoms with E-state index < -0.39 is 36.0 Å². The smallest absolute Gasteiger partial charge is 0.190 e. The van der Waals surface area contributed by atoms with Gasteiger partial charge in [0.05, 0.1) is 12.2 Å². The Balaban J connectivity index is 2.16. The minimum atomic E-state index is -1.38. The molecule has 0 aromatic rings. The summed E-state index contributed by atoms with van der Waals surface area (Å²) in [6, 6.07) is 0. The molecular formula is C14H22O5. The van der Waals surface area contributed by atoms with Crippen LogP contribution in [0, 0.1) is 0 Å². The molecule has 5 atom stereocenters. The van der Waals surface area contributed by atoms with Gasteiger partial charge in [0.15, 0.2) is 12.1 Å². The number of aliphatic hydroxyl groups excluding tert-OH is 1. The first-order valence-corrected chi connectivity index (χ1v) is 6.40. The highest BCUT2D eigenvalue weighted by Gasteiger charge is 2.61. The van der Waals surface area contributed by atoms with Gasteiger partial charge in [-0.1, -0.05) is 18.2 Å². The molecule has 0 aromatic heterocycles. The highest BCUT2D eigenvalue weighted by atomic mass is 16.8. The lowest BCUT2D eigenvalue weighted by Crippen LogP contribution is -2.48. The number of hydrogen-bond acceptors (Lipinski definition) is 5. The zero-order valence-corrected chi connectivity index (χ0v) is 11.6.